The molecule has 0 aliphatic heterocycles. The van der Waals surface area contributed by atoms with E-state index in [1.54, 1.807) is 42.5 Å². The van der Waals surface area contributed by atoms with E-state index in [9.17, 15) is 54.8 Å². The van der Waals surface area contributed by atoms with Crippen LogP contribution in [0.15, 0.2) is 72.9 Å². The molecule has 16 heteroatoms. The standard InChI is InChI=1S/C47H79O15P/c1-3-5-7-8-9-10-11-12-13-14-15-19-27-33-40(50)59-35-39(36-60-63(57,58)62-47-45(55)43(53)42(52)44(54)46(47)56)61-41(51)34-28-20-17-16-18-24-30-38(49)32-26-22-21-25-31-37(48)29-23-6-4-2/h6,17-18,20-26,31-32,37-39,42-49,52-56H,3-5,7-16,19,27-30,33-36H2,1-2H3,(H,57,58)/b20-17-,22-21-,23-6-,24-18-,31-25+,32-26+/t37-,38+,39+,42?,43-,44+,45+,46+,47?/m0/s1. The maximum Gasteiger partial charge on any atom is 0.472 e. The van der Waals surface area contributed by atoms with E-state index in [2.05, 4.69) is 6.92 Å². The second-order valence-electron chi connectivity index (χ2n) is 15.9. The minimum Gasteiger partial charge on any atom is -0.462 e. The fourth-order valence-corrected chi connectivity index (χ4v) is 7.46. The average Bonchev–Trinajstić information content (AvgIpc) is 3.25. The number of carbonyl (C=O) groups is 2. The number of rotatable bonds is 36. The maximum atomic E-state index is 12.8. The molecule has 0 radical (unpaired) electrons. The lowest BCUT2D eigenvalue weighted by Gasteiger charge is -2.41. The van der Waals surface area contributed by atoms with E-state index in [4.69, 9.17) is 18.5 Å². The summed E-state index contributed by atoms with van der Waals surface area (Å²) in [4.78, 5) is 35.6. The number of unbranched alkanes of at least 4 members (excludes halogenated alkanes) is 12. The molecular formula is C47H79O15P. The second kappa shape index (κ2) is 36.4. The number of aliphatic hydroxyl groups excluding tert-OH is 7. The Morgan fingerprint density at radius 2 is 1.08 bits per heavy atom. The summed E-state index contributed by atoms with van der Waals surface area (Å²) in [6.07, 6.45) is 24.5. The molecule has 10 atom stereocenters. The minimum atomic E-state index is -5.17. The van der Waals surface area contributed by atoms with Crippen molar-refractivity contribution >= 4 is 19.8 Å². The van der Waals surface area contributed by atoms with E-state index in [0.29, 0.717) is 25.7 Å². The SMILES string of the molecule is CC/C=C\C[C@H](O)/C=C/C=C\C=C\[C@H](O)C/C=C\C/C=C\CCC(=O)O[C@H](COC(=O)CCCCCCCCCCCCCCC)COP(=O)(O)OC1[C@H](O)[C@H](O)C(O)[C@H](O)[C@H]1O. The van der Waals surface area contributed by atoms with Crippen molar-refractivity contribution in [3.8, 4) is 0 Å². The molecule has 0 aromatic heterocycles. The van der Waals surface area contributed by atoms with Crippen molar-refractivity contribution in [1.82, 2.24) is 0 Å². The van der Waals surface area contributed by atoms with Gasteiger partial charge < -0.3 is 50.1 Å². The van der Waals surface area contributed by atoms with Crippen molar-refractivity contribution in [3.05, 3.63) is 72.9 Å². The monoisotopic (exact) mass is 915 g/mol. The quantitative estimate of drug-likeness (QED) is 0.0108. The van der Waals surface area contributed by atoms with Gasteiger partial charge in [-0.1, -0.05) is 164 Å². The molecule has 362 valence electrons. The van der Waals surface area contributed by atoms with Crippen molar-refractivity contribution < 1.29 is 73.3 Å². The van der Waals surface area contributed by atoms with Crippen LogP contribution in [-0.4, -0.2) is 121 Å². The van der Waals surface area contributed by atoms with Gasteiger partial charge in [0.25, 0.3) is 0 Å². The Labute approximate surface area is 375 Å². The lowest BCUT2D eigenvalue weighted by molar-refractivity contribution is -0.220. The van der Waals surface area contributed by atoms with Crippen molar-refractivity contribution in [2.45, 2.75) is 197 Å². The molecule has 15 nitrogen and oxygen atoms in total. The van der Waals surface area contributed by atoms with Crippen LogP contribution in [0.1, 0.15) is 142 Å². The predicted octanol–water partition coefficient (Wildman–Crippen LogP) is 6.66. The van der Waals surface area contributed by atoms with Gasteiger partial charge in [-0.3, -0.25) is 18.6 Å². The van der Waals surface area contributed by atoms with Gasteiger partial charge in [0.2, 0.25) is 0 Å². The third kappa shape index (κ3) is 29.4. The molecule has 8 N–H and O–H groups in total. The Kier molecular flexibility index (Phi) is 33.7. The number of phosphoric ester groups is 1. The van der Waals surface area contributed by atoms with Crippen LogP contribution in [0.3, 0.4) is 0 Å². The summed E-state index contributed by atoms with van der Waals surface area (Å²) in [6, 6.07) is 0. The summed E-state index contributed by atoms with van der Waals surface area (Å²) in [5, 5.41) is 70.1. The summed E-state index contributed by atoms with van der Waals surface area (Å²) in [5.41, 5.74) is 0. The van der Waals surface area contributed by atoms with Crippen molar-refractivity contribution in [2.24, 2.45) is 0 Å². The number of allylic oxidation sites excluding steroid dienone is 8. The highest BCUT2D eigenvalue weighted by molar-refractivity contribution is 7.47. The first kappa shape index (κ1) is 58.2. The largest absolute Gasteiger partial charge is 0.472 e. The second-order valence-corrected chi connectivity index (χ2v) is 17.3. The van der Waals surface area contributed by atoms with Gasteiger partial charge in [-0.15, -0.1) is 0 Å². The number of aliphatic hydroxyl groups is 7. The Bertz CT molecular complexity index is 1410. The Hall–Kier alpha value is -2.79. The lowest BCUT2D eigenvalue weighted by Crippen LogP contribution is -2.64. The summed E-state index contributed by atoms with van der Waals surface area (Å²) in [5.74, 6) is -1.27. The molecule has 3 unspecified atom stereocenters. The van der Waals surface area contributed by atoms with Crippen LogP contribution >= 0.6 is 7.82 Å². The van der Waals surface area contributed by atoms with E-state index < -0.39 is 87.9 Å². The van der Waals surface area contributed by atoms with Gasteiger partial charge in [-0.05, 0) is 38.5 Å². The third-order valence-corrected chi connectivity index (χ3v) is 11.2. The topological polar surface area (TPSA) is 250 Å². The first-order valence-electron chi connectivity index (χ1n) is 23.0. The molecule has 0 bridgehead atoms. The minimum absolute atomic E-state index is 0.0868. The summed E-state index contributed by atoms with van der Waals surface area (Å²) in [7, 11) is -5.17. The molecule has 63 heavy (non-hydrogen) atoms. The molecule has 1 saturated carbocycles. The first-order valence-corrected chi connectivity index (χ1v) is 24.5. The van der Waals surface area contributed by atoms with Crippen molar-refractivity contribution in [1.29, 1.82) is 0 Å². The van der Waals surface area contributed by atoms with Crippen LogP contribution in [0.2, 0.25) is 0 Å². The van der Waals surface area contributed by atoms with E-state index in [-0.39, 0.29) is 19.3 Å². The number of hydrogen-bond acceptors (Lipinski definition) is 14. The van der Waals surface area contributed by atoms with E-state index in [1.165, 1.54) is 51.4 Å². The zero-order valence-electron chi connectivity index (χ0n) is 37.6. The van der Waals surface area contributed by atoms with Crippen LogP contribution < -0.4 is 0 Å². The zero-order chi connectivity index (χ0) is 46.7. The first-order chi connectivity index (χ1) is 30.2. The molecule has 0 saturated heterocycles. The number of carbonyl (C=O) groups excluding carboxylic acids is 2. The normalized spacial score (nSPS) is 23.4. The summed E-state index contributed by atoms with van der Waals surface area (Å²) >= 11 is 0. The average molecular weight is 915 g/mol. The summed E-state index contributed by atoms with van der Waals surface area (Å²) in [6.45, 7) is 2.95. The lowest BCUT2D eigenvalue weighted by atomic mass is 9.85. The van der Waals surface area contributed by atoms with Crippen molar-refractivity contribution in [2.75, 3.05) is 13.2 Å². The molecule has 1 fully saturated rings. The van der Waals surface area contributed by atoms with Crippen molar-refractivity contribution in [3.63, 3.8) is 0 Å². The van der Waals surface area contributed by atoms with Crippen LogP contribution in [0.25, 0.3) is 0 Å². The van der Waals surface area contributed by atoms with Crippen LogP contribution in [0, 0.1) is 0 Å². The number of ether oxygens (including phenoxy) is 2. The van der Waals surface area contributed by atoms with Gasteiger partial charge in [-0.2, -0.15) is 0 Å². The molecule has 0 heterocycles. The number of phosphoric acid groups is 1. The fourth-order valence-electron chi connectivity index (χ4n) is 6.49. The smallest absolute Gasteiger partial charge is 0.462 e. The Balaban J connectivity index is 2.58. The van der Waals surface area contributed by atoms with E-state index in [1.807, 2.05) is 37.3 Å². The zero-order valence-corrected chi connectivity index (χ0v) is 38.5. The van der Waals surface area contributed by atoms with Gasteiger partial charge in [0.05, 0.1) is 18.8 Å². The Morgan fingerprint density at radius 3 is 1.62 bits per heavy atom. The van der Waals surface area contributed by atoms with Gasteiger partial charge in [0.15, 0.2) is 6.10 Å². The molecule has 0 aromatic rings. The summed E-state index contributed by atoms with van der Waals surface area (Å²) < 4.78 is 33.3. The fraction of sp³-hybridized carbons (Fsp3) is 0.702. The van der Waals surface area contributed by atoms with E-state index in [0.717, 1.165) is 32.1 Å². The van der Waals surface area contributed by atoms with Crippen LogP contribution in [0.4, 0.5) is 0 Å². The molecule has 1 rings (SSSR count). The number of hydrogen-bond donors (Lipinski definition) is 8. The molecule has 1 aliphatic rings. The molecular weight excluding hydrogens is 835 g/mol. The molecule has 0 aromatic carbocycles. The molecule has 0 amide bonds. The highest BCUT2D eigenvalue weighted by atomic mass is 31.2. The molecule has 0 spiro atoms. The number of esters is 2. The highest BCUT2D eigenvalue weighted by Gasteiger charge is 2.51. The van der Waals surface area contributed by atoms with Gasteiger partial charge in [0, 0.05) is 12.8 Å². The van der Waals surface area contributed by atoms with Crippen LogP contribution in [-0.2, 0) is 32.7 Å². The maximum absolute atomic E-state index is 12.8. The molecule has 1 aliphatic carbocycles. The highest BCUT2D eigenvalue weighted by Crippen LogP contribution is 2.47. The third-order valence-electron chi connectivity index (χ3n) is 10.2. The van der Waals surface area contributed by atoms with E-state index >= 15 is 0 Å². The Morgan fingerprint density at radius 1 is 0.587 bits per heavy atom. The van der Waals surface area contributed by atoms with Gasteiger partial charge >= 0.3 is 19.8 Å². The van der Waals surface area contributed by atoms with Crippen LogP contribution in [0.5, 0.6) is 0 Å². The van der Waals surface area contributed by atoms with Gasteiger partial charge in [0.1, 0.15) is 43.2 Å². The van der Waals surface area contributed by atoms with Gasteiger partial charge in [-0.25, -0.2) is 4.57 Å². The predicted molar refractivity (Wildman–Crippen MR) is 242 cm³/mol.